The first-order valence-corrected chi connectivity index (χ1v) is 12.7. The Morgan fingerprint density at radius 2 is 1.86 bits per heavy atom. The number of rotatable bonds is 5. The number of nitrogens with zero attached hydrogens (tertiary/aromatic N) is 3. The van der Waals surface area contributed by atoms with Crippen LogP contribution < -0.4 is 0 Å². The molecular weight excluding hydrogens is 559 g/mol. The minimum Gasteiger partial charge on any atom is -0.464 e. The monoisotopic (exact) mass is 589 g/mol. The van der Waals surface area contributed by atoms with Crippen molar-refractivity contribution in [1.82, 2.24) is 14.7 Å². The number of alkyl halides is 3. The van der Waals surface area contributed by atoms with Crippen LogP contribution in [0.25, 0.3) is 10.9 Å². The van der Waals surface area contributed by atoms with Gasteiger partial charge in [-0.3, -0.25) is 9.69 Å². The fourth-order valence-corrected chi connectivity index (χ4v) is 4.95. The zero-order valence-electron chi connectivity index (χ0n) is 21.8. The summed E-state index contributed by atoms with van der Waals surface area (Å²) in [5, 5.41) is 3.98. The maximum Gasteiger partial charge on any atom is 0.417 e. The van der Waals surface area contributed by atoms with Crippen LogP contribution in [0.15, 0.2) is 16.7 Å². The molecule has 1 aliphatic rings. The Bertz CT molecular complexity index is 1230. The molecule has 1 unspecified atom stereocenters. The summed E-state index contributed by atoms with van der Waals surface area (Å²) in [6, 6.07) is -1.83. The van der Waals surface area contributed by atoms with E-state index in [2.05, 4.69) is 21.0 Å². The summed E-state index contributed by atoms with van der Waals surface area (Å²) in [5.74, 6) is -1.69. The van der Waals surface area contributed by atoms with Crippen molar-refractivity contribution in [3.05, 3.63) is 27.9 Å². The Hall–Kier alpha value is -2.63. The van der Waals surface area contributed by atoms with Gasteiger partial charge in [-0.25, -0.2) is 14.3 Å². The van der Waals surface area contributed by atoms with E-state index in [-0.39, 0.29) is 28.4 Å². The lowest BCUT2D eigenvalue weighted by atomic mass is 10.0. The van der Waals surface area contributed by atoms with Crippen LogP contribution in [0.3, 0.4) is 0 Å². The molecule has 2 heterocycles. The standard InChI is InChI=1S/C25H31BrF3N3O5/c1-8-36-21(34)19(20(33)17-9-10-24(6,7)32(17)22(35)37-23(3,4)5)31-12-14-15(25(27,28)29)11-16(26)13(2)18(14)30-31/h11-12,17,19H,8-10H2,1-7H3/t17-,19?/m0/s1. The lowest BCUT2D eigenvalue weighted by Gasteiger charge is -2.37. The maximum atomic E-state index is 13.9. The van der Waals surface area contributed by atoms with Crippen LogP contribution in [0.2, 0.25) is 0 Å². The van der Waals surface area contributed by atoms with Crippen LogP contribution in [0.5, 0.6) is 0 Å². The molecule has 1 aliphatic heterocycles. The molecule has 1 aromatic heterocycles. The first-order valence-electron chi connectivity index (χ1n) is 11.9. The molecular formula is C25H31BrF3N3O5. The summed E-state index contributed by atoms with van der Waals surface area (Å²) < 4.78 is 53.2. The molecule has 1 saturated heterocycles. The molecule has 0 N–H and O–H groups in total. The molecule has 0 bridgehead atoms. The van der Waals surface area contributed by atoms with Crippen molar-refractivity contribution < 1.29 is 37.0 Å². The Morgan fingerprint density at radius 1 is 1.24 bits per heavy atom. The van der Waals surface area contributed by atoms with Crippen LogP contribution in [0.4, 0.5) is 18.0 Å². The minimum atomic E-state index is -4.70. The molecule has 2 aromatic rings. The third-order valence-corrected chi connectivity index (χ3v) is 7.09. The van der Waals surface area contributed by atoms with Crippen LogP contribution in [0.1, 0.15) is 71.6 Å². The maximum absolute atomic E-state index is 13.9. The summed E-state index contributed by atoms with van der Waals surface area (Å²) >= 11 is 3.14. The number of aryl methyl sites for hydroxylation is 1. The van der Waals surface area contributed by atoms with Crippen molar-refractivity contribution in [2.45, 2.75) is 90.7 Å². The Balaban J connectivity index is 2.15. The van der Waals surface area contributed by atoms with E-state index in [0.29, 0.717) is 12.0 Å². The number of ether oxygens (including phenoxy) is 2. The molecule has 8 nitrogen and oxygen atoms in total. The van der Waals surface area contributed by atoms with E-state index in [4.69, 9.17) is 9.47 Å². The first-order chi connectivity index (χ1) is 16.9. The smallest absolute Gasteiger partial charge is 0.417 e. The molecule has 0 aliphatic carbocycles. The van der Waals surface area contributed by atoms with E-state index in [1.807, 2.05) is 0 Å². The lowest BCUT2D eigenvalue weighted by molar-refractivity contribution is -0.152. The number of halogens is 4. The Labute approximate surface area is 221 Å². The van der Waals surface area contributed by atoms with E-state index in [1.165, 1.54) is 4.90 Å². The summed E-state index contributed by atoms with van der Waals surface area (Å²) in [7, 11) is 0. The van der Waals surface area contributed by atoms with E-state index in [9.17, 15) is 27.6 Å². The second kappa shape index (κ2) is 9.92. The molecule has 1 fully saturated rings. The quantitative estimate of drug-likeness (QED) is 0.315. The summed E-state index contributed by atoms with van der Waals surface area (Å²) in [6.45, 7) is 11.7. The van der Waals surface area contributed by atoms with Crippen LogP contribution in [0, 0.1) is 6.92 Å². The van der Waals surface area contributed by atoms with Crippen molar-refractivity contribution in [3.8, 4) is 0 Å². The number of hydrogen-bond donors (Lipinski definition) is 0. The predicted octanol–water partition coefficient (Wildman–Crippen LogP) is 5.98. The van der Waals surface area contributed by atoms with E-state index in [0.717, 1.165) is 16.9 Å². The molecule has 2 atom stereocenters. The van der Waals surface area contributed by atoms with Crippen molar-refractivity contribution in [3.63, 3.8) is 0 Å². The van der Waals surface area contributed by atoms with Gasteiger partial charge in [-0.15, -0.1) is 0 Å². The van der Waals surface area contributed by atoms with Crippen molar-refractivity contribution in [2.24, 2.45) is 0 Å². The van der Waals surface area contributed by atoms with Gasteiger partial charge in [0.05, 0.1) is 23.7 Å². The van der Waals surface area contributed by atoms with Gasteiger partial charge in [0, 0.05) is 21.6 Å². The summed E-state index contributed by atoms with van der Waals surface area (Å²) in [4.78, 5) is 41.4. The number of ketones is 1. The van der Waals surface area contributed by atoms with Gasteiger partial charge in [-0.2, -0.15) is 18.3 Å². The highest BCUT2D eigenvalue weighted by Gasteiger charge is 2.50. The number of aromatic nitrogens is 2. The first kappa shape index (κ1) is 28.9. The topological polar surface area (TPSA) is 90.7 Å². The SMILES string of the molecule is CCOC(=O)C(C(=O)[C@@H]1CCC(C)(C)N1C(=O)OC(C)(C)C)n1cc2c(C(F)(F)F)cc(Br)c(C)c2n1. The highest BCUT2D eigenvalue weighted by Crippen LogP contribution is 2.40. The normalized spacial score (nSPS) is 18.7. The fraction of sp³-hybridized carbons (Fsp3) is 0.600. The molecule has 1 amide bonds. The number of fused-ring (bicyclic) bond motifs is 1. The largest absolute Gasteiger partial charge is 0.464 e. The van der Waals surface area contributed by atoms with Crippen molar-refractivity contribution >= 4 is 44.7 Å². The number of esters is 1. The molecule has 0 radical (unpaired) electrons. The molecule has 37 heavy (non-hydrogen) atoms. The van der Waals surface area contributed by atoms with Gasteiger partial charge < -0.3 is 9.47 Å². The third kappa shape index (κ3) is 5.78. The third-order valence-electron chi connectivity index (χ3n) is 6.27. The second-order valence-corrected chi connectivity index (χ2v) is 11.5. The fourth-order valence-electron chi connectivity index (χ4n) is 4.53. The number of benzene rings is 1. The van der Waals surface area contributed by atoms with Crippen molar-refractivity contribution in [1.29, 1.82) is 0 Å². The average molecular weight is 590 g/mol. The van der Waals surface area contributed by atoms with Gasteiger partial charge in [0.1, 0.15) is 5.60 Å². The van der Waals surface area contributed by atoms with Gasteiger partial charge in [0.2, 0.25) is 6.04 Å². The highest BCUT2D eigenvalue weighted by molar-refractivity contribution is 9.10. The second-order valence-electron chi connectivity index (χ2n) is 10.7. The van der Waals surface area contributed by atoms with E-state index < -0.39 is 52.8 Å². The Morgan fingerprint density at radius 3 is 2.41 bits per heavy atom. The molecule has 0 spiro atoms. The van der Waals surface area contributed by atoms with Gasteiger partial charge in [-0.05, 0) is 72.9 Å². The number of likely N-dealkylation sites (tertiary alicyclic amines) is 1. The number of Topliss-reactive ketones (excluding diaryl/α,β-unsaturated/α-hetero) is 1. The molecule has 204 valence electrons. The van der Waals surface area contributed by atoms with Gasteiger partial charge in [0.25, 0.3) is 0 Å². The number of carbonyl (C=O) groups excluding carboxylic acids is 3. The van der Waals surface area contributed by atoms with Crippen LogP contribution in [-0.4, -0.2) is 56.3 Å². The number of carbonyl (C=O) groups is 3. The van der Waals surface area contributed by atoms with Gasteiger partial charge in [0.15, 0.2) is 5.78 Å². The highest BCUT2D eigenvalue weighted by atomic mass is 79.9. The molecule has 3 rings (SSSR count). The van der Waals surface area contributed by atoms with Crippen LogP contribution in [-0.2, 0) is 25.2 Å². The lowest BCUT2D eigenvalue weighted by Crippen LogP contribution is -2.53. The molecule has 12 heteroatoms. The molecule has 0 saturated carbocycles. The Kier molecular flexibility index (Phi) is 7.76. The zero-order valence-corrected chi connectivity index (χ0v) is 23.4. The van der Waals surface area contributed by atoms with E-state index >= 15 is 0 Å². The average Bonchev–Trinajstić information content (AvgIpc) is 3.29. The van der Waals surface area contributed by atoms with Gasteiger partial charge >= 0.3 is 18.2 Å². The summed E-state index contributed by atoms with van der Waals surface area (Å²) in [6.07, 6.45) is -3.70. The van der Waals surface area contributed by atoms with Gasteiger partial charge in [-0.1, -0.05) is 15.9 Å². The minimum absolute atomic E-state index is 0.0143. The predicted molar refractivity (Wildman–Crippen MR) is 133 cm³/mol. The summed E-state index contributed by atoms with van der Waals surface area (Å²) in [5.41, 5.74) is -2.16. The molecule has 1 aromatic carbocycles. The van der Waals surface area contributed by atoms with E-state index in [1.54, 1.807) is 48.5 Å². The number of hydrogen-bond acceptors (Lipinski definition) is 6. The zero-order chi connectivity index (χ0) is 28.1. The van der Waals surface area contributed by atoms with Crippen LogP contribution >= 0.6 is 15.9 Å². The number of amides is 1. The van der Waals surface area contributed by atoms with Crippen molar-refractivity contribution in [2.75, 3.05) is 6.61 Å².